The van der Waals surface area contributed by atoms with Gasteiger partial charge in [-0.2, -0.15) is 0 Å². The van der Waals surface area contributed by atoms with Gasteiger partial charge in [0.25, 0.3) is 0 Å². The molecule has 1 aliphatic rings. The lowest BCUT2D eigenvalue weighted by atomic mass is 10.0. The summed E-state index contributed by atoms with van der Waals surface area (Å²) in [5, 5.41) is 2.44. The number of sulfone groups is 1. The van der Waals surface area contributed by atoms with Crippen LogP contribution in [0.3, 0.4) is 0 Å². The maximum atomic E-state index is 13.0. The molecule has 1 atom stereocenters. The van der Waals surface area contributed by atoms with Crippen molar-refractivity contribution in [3.63, 3.8) is 0 Å². The molecule has 1 fully saturated rings. The molecule has 0 radical (unpaired) electrons. The average Bonchev–Trinajstić information content (AvgIpc) is 2.60. The predicted molar refractivity (Wildman–Crippen MR) is 95.6 cm³/mol. The Morgan fingerprint density at radius 1 is 1.28 bits per heavy atom. The molecular weight excluding hydrogens is 343 g/mol. The second kappa shape index (κ2) is 8.76. The monoisotopic (exact) mass is 370 g/mol. The number of carbonyl (C=O) groups excluding carboxylic acids is 1. The van der Waals surface area contributed by atoms with Crippen molar-refractivity contribution < 1.29 is 17.6 Å². The molecule has 140 valence electrons. The van der Waals surface area contributed by atoms with Gasteiger partial charge in [0.05, 0.1) is 10.1 Å². The standard InChI is InChI=1S/C18H27FN2O3S/c1-3-12-21(16-8-10-20-11-9-16)18(22)13-14(2)25(23,24)17-6-4-15(19)5-7-17/h4-7,14,16,20H,3,8-13H2,1-2H3. The predicted octanol–water partition coefficient (Wildman–Crippen LogP) is 2.37. The van der Waals surface area contributed by atoms with Crippen LogP contribution in [0.2, 0.25) is 0 Å². The molecule has 0 aliphatic carbocycles. The van der Waals surface area contributed by atoms with Gasteiger partial charge in [-0.1, -0.05) is 6.92 Å². The Hall–Kier alpha value is -1.47. The fraction of sp³-hybridized carbons (Fsp3) is 0.611. The van der Waals surface area contributed by atoms with Crippen LogP contribution in [-0.2, 0) is 14.6 Å². The number of piperidine rings is 1. The van der Waals surface area contributed by atoms with Gasteiger partial charge in [-0.3, -0.25) is 4.79 Å². The van der Waals surface area contributed by atoms with E-state index >= 15 is 0 Å². The first-order valence-electron chi connectivity index (χ1n) is 8.86. The Balaban J connectivity index is 2.09. The summed E-state index contributed by atoms with van der Waals surface area (Å²) in [6, 6.07) is 4.93. The normalized spacial score (nSPS) is 17.2. The van der Waals surface area contributed by atoms with Crippen LogP contribution in [0.1, 0.15) is 39.5 Å². The van der Waals surface area contributed by atoms with Crippen LogP contribution in [0.15, 0.2) is 29.2 Å². The van der Waals surface area contributed by atoms with Crippen molar-refractivity contribution in [3.05, 3.63) is 30.1 Å². The van der Waals surface area contributed by atoms with Crippen molar-refractivity contribution in [1.82, 2.24) is 10.2 Å². The average molecular weight is 370 g/mol. The van der Waals surface area contributed by atoms with Gasteiger partial charge in [0.2, 0.25) is 5.91 Å². The lowest BCUT2D eigenvalue weighted by molar-refractivity contribution is -0.134. The van der Waals surface area contributed by atoms with Crippen molar-refractivity contribution in [2.24, 2.45) is 0 Å². The van der Waals surface area contributed by atoms with Gasteiger partial charge in [-0.05, 0) is 63.5 Å². The lowest BCUT2D eigenvalue weighted by Gasteiger charge is -2.35. The molecule has 0 saturated carbocycles. The summed E-state index contributed by atoms with van der Waals surface area (Å²) in [7, 11) is -3.66. The Bertz CT molecular complexity index is 670. The van der Waals surface area contributed by atoms with Gasteiger partial charge in [0.1, 0.15) is 5.82 Å². The number of carbonyl (C=O) groups is 1. The first kappa shape index (κ1) is 19.8. The highest BCUT2D eigenvalue weighted by molar-refractivity contribution is 7.92. The summed E-state index contributed by atoms with van der Waals surface area (Å²) in [6.45, 7) is 5.96. The van der Waals surface area contributed by atoms with Crippen LogP contribution in [-0.4, -0.2) is 50.2 Å². The number of halogens is 1. The van der Waals surface area contributed by atoms with E-state index in [1.54, 1.807) is 6.92 Å². The first-order chi connectivity index (χ1) is 11.9. The number of hydrogen-bond donors (Lipinski definition) is 1. The molecular formula is C18H27FN2O3S. The molecule has 5 nitrogen and oxygen atoms in total. The molecule has 1 aromatic rings. The molecule has 1 heterocycles. The van der Waals surface area contributed by atoms with E-state index in [0.717, 1.165) is 44.5 Å². The minimum Gasteiger partial charge on any atom is -0.340 e. The van der Waals surface area contributed by atoms with E-state index < -0.39 is 20.9 Å². The van der Waals surface area contributed by atoms with Gasteiger partial charge in [0, 0.05) is 19.0 Å². The van der Waals surface area contributed by atoms with Crippen molar-refractivity contribution in [2.75, 3.05) is 19.6 Å². The molecule has 7 heteroatoms. The van der Waals surface area contributed by atoms with Crippen molar-refractivity contribution in [3.8, 4) is 0 Å². The van der Waals surface area contributed by atoms with Crippen LogP contribution in [0, 0.1) is 5.82 Å². The molecule has 0 aromatic heterocycles. The molecule has 1 N–H and O–H groups in total. The molecule has 0 bridgehead atoms. The van der Waals surface area contributed by atoms with Gasteiger partial charge in [0.15, 0.2) is 9.84 Å². The zero-order valence-electron chi connectivity index (χ0n) is 14.9. The van der Waals surface area contributed by atoms with E-state index in [1.807, 2.05) is 11.8 Å². The lowest BCUT2D eigenvalue weighted by Crippen LogP contribution is -2.47. The molecule has 1 amide bonds. The second-order valence-corrected chi connectivity index (χ2v) is 8.95. The highest BCUT2D eigenvalue weighted by Gasteiger charge is 2.30. The van der Waals surface area contributed by atoms with Gasteiger partial charge < -0.3 is 10.2 Å². The Morgan fingerprint density at radius 2 is 1.88 bits per heavy atom. The molecule has 2 rings (SSSR count). The van der Waals surface area contributed by atoms with Crippen LogP contribution in [0.4, 0.5) is 4.39 Å². The number of benzene rings is 1. The molecule has 1 saturated heterocycles. The second-order valence-electron chi connectivity index (χ2n) is 6.58. The molecule has 25 heavy (non-hydrogen) atoms. The van der Waals surface area contributed by atoms with E-state index in [9.17, 15) is 17.6 Å². The quantitative estimate of drug-likeness (QED) is 0.749. The number of rotatable bonds is 7. The summed E-state index contributed by atoms with van der Waals surface area (Å²) in [4.78, 5) is 14.7. The van der Waals surface area contributed by atoms with Crippen LogP contribution in [0.5, 0.6) is 0 Å². The van der Waals surface area contributed by atoms with E-state index in [-0.39, 0.29) is 23.3 Å². The van der Waals surface area contributed by atoms with Crippen LogP contribution >= 0.6 is 0 Å². The SMILES string of the molecule is CCCN(C(=O)CC(C)S(=O)(=O)c1ccc(F)cc1)C1CCNCC1. The van der Waals surface area contributed by atoms with Gasteiger partial charge >= 0.3 is 0 Å². The smallest absolute Gasteiger partial charge is 0.224 e. The highest BCUT2D eigenvalue weighted by Crippen LogP contribution is 2.21. The largest absolute Gasteiger partial charge is 0.340 e. The summed E-state index contributed by atoms with van der Waals surface area (Å²) in [5.74, 6) is -0.602. The third-order valence-electron chi connectivity index (χ3n) is 4.67. The van der Waals surface area contributed by atoms with E-state index in [2.05, 4.69) is 5.32 Å². The minimum atomic E-state index is -3.66. The van der Waals surface area contributed by atoms with Crippen LogP contribution in [0.25, 0.3) is 0 Å². The number of amides is 1. The topological polar surface area (TPSA) is 66.5 Å². The maximum Gasteiger partial charge on any atom is 0.224 e. The Morgan fingerprint density at radius 3 is 2.44 bits per heavy atom. The van der Waals surface area contributed by atoms with Crippen molar-refractivity contribution >= 4 is 15.7 Å². The summed E-state index contributed by atoms with van der Waals surface area (Å²) < 4.78 is 38.3. The molecule has 0 spiro atoms. The number of hydrogen-bond acceptors (Lipinski definition) is 4. The fourth-order valence-corrected chi connectivity index (χ4v) is 4.54. The van der Waals surface area contributed by atoms with Crippen LogP contribution < -0.4 is 5.32 Å². The molecule has 1 unspecified atom stereocenters. The van der Waals surface area contributed by atoms with E-state index in [1.165, 1.54) is 12.1 Å². The van der Waals surface area contributed by atoms with Gasteiger partial charge in [-0.15, -0.1) is 0 Å². The zero-order chi connectivity index (χ0) is 18.4. The molecule has 1 aromatic carbocycles. The maximum absolute atomic E-state index is 13.0. The van der Waals surface area contributed by atoms with Crippen molar-refractivity contribution in [2.45, 2.75) is 55.7 Å². The molecule has 1 aliphatic heterocycles. The Kier molecular flexibility index (Phi) is 6.95. The van der Waals surface area contributed by atoms with E-state index in [4.69, 9.17) is 0 Å². The summed E-state index contributed by atoms with van der Waals surface area (Å²) >= 11 is 0. The minimum absolute atomic E-state index is 0.0519. The highest BCUT2D eigenvalue weighted by atomic mass is 32.2. The van der Waals surface area contributed by atoms with Crippen molar-refractivity contribution in [1.29, 1.82) is 0 Å². The zero-order valence-corrected chi connectivity index (χ0v) is 15.7. The van der Waals surface area contributed by atoms with Gasteiger partial charge in [-0.25, -0.2) is 12.8 Å². The Labute approximate surface area is 149 Å². The number of nitrogens with zero attached hydrogens (tertiary/aromatic N) is 1. The summed E-state index contributed by atoms with van der Waals surface area (Å²) in [6.07, 6.45) is 2.58. The van der Waals surface area contributed by atoms with E-state index in [0.29, 0.717) is 6.54 Å². The summed E-state index contributed by atoms with van der Waals surface area (Å²) in [5.41, 5.74) is 0. The fourth-order valence-electron chi connectivity index (χ4n) is 3.20. The number of nitrogens with one attached hydrogen (secondary N) is 1. The third kappa shape index (κ3) is 5.01. The first-order valence-corrected chi connectivity index (χ1v) is 10.4. The third-order valence-corrected chi connectivity index (χ3v) is 6.82.